The summed E-state index contributed by atoms with van der Waals surface area (Å²) < 4.78 is 1.01. The molecule has 3 aromatic rings. The van der Waals surface area contributed by atoms with Gasteiger partial charge in [-0.15, -0.1) is 0 Å². The molecule has 0 fully saturated rings. The fourth-order valence-corrected chi connectivity index (χ4v) is 3.65. The number of rotatable bonds is 4. The first-order valence-electron chi connectivity index (χ1n) is 9.56. The molecule has 1 heterocycles. The average Bonchev–Trinajstić information content (AvgIpc) is 3.19. The second-order valence-electron chi connectivity index (χ2n) is 7.11. The van der Waals surface area contributed by atoms with Crippen molar-refractivity contribution in [2.24, 2.45) is 5.10 Å². The van der Waals surface area contributed by atoms with Gasteiger partial charge in [-0.05, 0) is 41.8 Å². The number of carbonyl (C=O) groups is 1. The zero-order valence-electron chi connectivity index (χ0n) is 16.1. The number of nitrogens with zero attached hydrogens (tertiary/aromatic N) is 2. The van der Waals surface area contributed by atoms with E-state index in [0.29, 0.717) is 6.42 Å². The Morgan fingerprint density at radius 1 is 1.00 bits per heavy atom. The molecule has 1 unspecified atom stereocenters. The Morgan fingerprint density at radius 3 is 2.38 bits per heavy atom. The summed E-state index contributed by atoms with van der Waals surface area (Å²) in [6.07, 6.45) is 4.12. The quantitative estimate of drug-likeness (QED) is 0.444. The number of carbonyl (C=O) groups excluding carboxylic acids is 1. The molecule has 4 rings (SSSR count). The molecule has 0 spiro atoms. The van der Waals surface area contributed by atoms with E-state index in [1.165, 1.54) is 5.56 Å². The number of amides is 1. The fraction of sp³-hybridized carbons (Fsp3) is 0.120. The summed E-state index contributed by atoms with van der Waals surface area (Å²) in [4.78, 5) is 13.0. The summed E-state index contributed by atoms with van der Waals surface area (Å²) in [5, 5.41) is 6.33. The maximum atomic E-state index is 13.0. The third-order valence-corrected chi connectivity index (χ3v) is 5.52. The Labute approximate surface area is 179 Å². The molecule has 0 saturated heterocycles. The van der Waals surface area contributed by atoms with Gasteiger partial charge >= 0.3 is 0 Å². The normalized spacial score (nSPS) is 16.3. The summed E-state index contributed by atoms with van der Waals surface area (Å²) in [6.45, 7) is 2.06. The second-order valence-corrected chi connectivity index (χ2v) is 8.03. The lowest BCUT2D eigenvalue weighted by Gasteiger charge is -2.20. The standard InChI is InChI=1S/C25H21BrN2O/c1-18-7-10-20(11-8-18)23-17-24(21-12-14-22(26)15-13-21)28(27-23)25(29)16-9-19-5-3-2-4-6-19/h2-16,24H,17H2,1H3/b16-9+. The topological polar surface area (TPSA) is 32.7 Å². The first-order valence-corrected chi connectivity index (χ1v) is 10.4. The van der Waals surface area contributed by atoms with Gasteiger partial charge in [0.1, 0.15) is 0 Å². The molecule has 29 heavy (non-hydrogen) atoms. The molecule has 3 aromatic carbocycles. The van der Waals surface area contributed by atoms with Gasteiger partial charge in [-0.3, -0.25) is 4.79 Å². The molecule has 0 radical (unpaired) electrons. The van der Waals surface area contributed by atoms with Gasteiger partial charge in [0.15, 0.2) is 0 Å². The minimum atomic E-state index is -0.121. The van der Waals surface area contributed by atoms with Gasteiger partial charge in [-0.25, -0.2) is 5.01 Å². The number of hydrogen-bond acceptors (Lipinski definition) is 2. The monoisotopic (exact) mass is 444 g/mol. The molecule has 0 aromatic heterocycles. The Morgan fingerprint density at radius 2 is 1.69 bits per heavy atom. The van der Waals surface area contributed by atoms with Gasteiger partial charge in [-0.1, -0.05) is 88.2 Å². The van der Waals surface area contributed by atoms with E-state index in [9.17, 15) is 4.79 Å². The van der Waals surface area contributed by atoms with Crippen LogP contribution in [0.2, 0.25) is 0 Å². The van der Waals surface area contributed by atoms with Gasteiger partial charge in [0.25, 0.3) is 5.91 Å². The third kappa shape index (κ3) is 4.54. The lowest BCUT2D eigenvalue weighted by atomic mass is 9.98. The molecule has 4 heteroatoms. The minimum absolute atomic E-state index is 0.118. The van der Waals surface area contributed by atoms with E-state index in [1.807, 2.05) is 60.7 Å². The van der Waals surface area contributed by atoms with Crippen molar-refractivity contribution >= 4 is 33.6 Å². The number of halogens is 1. The van der Waals surface area contributed by atoms with E-state index in [1.54, 1.807) is 11.1 Å². The molecule has 0 aliphatic carbocycles. The van der Waals surface area contributed by atoms with Crippen LogP contribution in [-0.2, 0) is 4.79 Å². The number of hydrazone groups is 1. The van der Waals surface area contributed by atoms with Gasteiger partial charge in [0.2, 0.25) is 0 Å². The molecular formula is C25H21BrN2O. The lowest BCUT2D eigenvalue weighted by Crippen LogP contribution is -2.25. The van der Waals surface area contributed by atoms with Crippen LogP contribution in [0.4, 0.5) is 0 Å². The largest absolute Gasteiger partial charge is 0.268 e. The third-order valence-electron chi connectivity index (χ3n) is 4.99. The van der Waals surface area contributed by atoms with Crippen LogP contribution in [0.5, 0.6) is 0 Å². The van der Waals surface area contributed by atoms with Crippen molar-refractivity contribution in [3.63, 3.8) is 0 Å². The lowest BCUT2D eigenvalue weighted by molar-refractivity contribution is -0.127. The number of aryl methyl sites for hydroxylation is 1. The van der Waals surface area contributed by atoms with Crippen LogP contribution < -0.4 is 0 Å². The van der Waals surface area contributed by atoms with Crippen LogP contribution in [0.25, 0.3) is 6.08 Å². The highest BCUT2D eigenvalue weighted by molar-refractivity contribution is 9.10. The molecule has 144 valence electrons. The van der Waals surface area contributed by atoms with E-state index >= 15 is 0 Å². The zero-order chi connectivity index (χ0) is 20.2. The average molecular weight is 445 g/mol. The molecule has 1 aliphatic rings. The molecule has 3 nitrogen and oxygen atoms in total. The Bertz CT molecular complexity index is 1050. The molecule has 0 N–H and O–H groups in total. The van der Waals surface area contributed by atoms with Gasteiger partial charge in [-0.2, -0.15) is 5.10 Å². The predicted molar refractivity (Wildman–Crippen MR) is 122 cm³/mol. The minimum Gasteiger partial charge on any atom is -0.268 e. The van der Waals surface area contributed by atoms with Gasteiger partial charge in [0, 0.05) is 17.0 Å². The maximum absolute atomic E-state index is 13.0. The fourth-order valence-electron chi connectivity index (χ4n) is 3.39. The molecule has 0 bridgehead atoms. The van der Waals surface area contributed by atoms with E-state index in [4.69, 9.17) is 5.10 Å². The van der Waals surface area contributed by atoms with Crippen molar-refractivity contribution in [3.05, 3.63) is 112 Å². The second kappa shape index (κ2) is 8.58. The highest BCUT2D eigenvalue weighted by atomic mass is 79.9. The van der Waals surface area contributed by atoms with Crippen LogP contribution in [0.15, 0.2) is 94.5 Å². The van der Waals surface area contributed by atoms with E-state index in [2.05, 4.69) is 47.1 Å². The van der Waals surface area contributed by atoms with Crippen molar-refractivity contribution in [2.75, 3.05) is 0 Å². The predicted octanol–water partition coefficient (Wildman–Crippen LogP) is 6.15. The summed E-state index contributed by atoms with van der Waals surface area (Å²) in [7, 11) is 0. The van der Waals surface area contributed by atoms with Crippen LogP contribution in [-0.4, -0.2) is 16.6 Å². The summed E-state index contributed by atoms with van der Waals surface area (Å²) >= 11 is 3.48. The Hall–Kier alpha value is -2.98. The summed E-state index contributed by atoms with van der Waals surface area (Å²) in [5.41, 5.74) is 5.25. The Kier molecular flexibility index (Phi) is 5.72. The van der Waals surface area contributed by atoms with Crippen LogP contribution >= 0.6 is 15.9 Å². The van der Waals surface area contributed by atoms with E-state index < -0.39 is 0 Å². The van der Waals surface area contributed by atoms with Crippen molar-refractivity contribution in [3.8, 4) is 0 Å². The van der Waals surface area contributed by atoms with Crippen LogP contribution in [0, 0.1) is 6.92 Å². The first kappa shape index (κ1) is 19.3. The molecule has 0 saturated carbocycles. The van der Waals surface area contributed by atoms with Gasteiger partial charge < -0.3 is 0 Å². The SMILES string of the molecule is Cc1ccc(C2=NN(C(=O)/C=C/c3ccccc3)C(c3ccc(Br)cc3)C2)cc1. The molecular weight excluding hydrogens is 424 g/mol. The van der Waals surface area contributed by atoms with E-state index in [0.717, 1.165) is 26.9 Å². The van der Waals surface area contributed by atoms with Crippen LogP contribution in [0.3, 0.4) is 0 Å². The van der Waals surface area contributed by atoms with Crippen molar-refractivity contribution in [2.45, 2.75) is 19.4 Å². The first-order chi connectivity index (χ1) is 14.1. The number of benzene rings is 3. The zero-order valence-corrected chi connectivity index (χ0v) is 17.7. The molecule has 1 amide bonds. The van der Waals surface area contributed by atoms with Crippen molar-refractivity contribution in [1.29, 1.82) is 0 Å². The van der Waals surface area contributed by atoms with Crippen molar-refractivity contribution in [1.82, 2.24) is 5.01 Å². The van der Waals surface area contributed by atoms with Crippen LogP contribution in [0.1, 0.15) is 34.7 Å². The van der Waals surface area contributed by atoms with E-state index in [-0.39, 0.29) is 11.9 Å². The highest BCUT2D eigenvalue weighted by Crippen LogP contribution is 2.33. The molecule has 1 aliphatic heterocycles. The summed E-state index contributed by atoms with van der Waals surface area (Å²) in [6, 6.07) is 26.1. The summed E-state index contributed by atoms with van der Waals surface area (Å²) in [5.74, 6) is -0.121. The van der Waals surface area contributed by atoms with Gasteiger partial charge in [0.05, 0.1) is 11.8 Å². The smallest absolute Gasteiger partial charge is 0.267 e. The highest BCUT2D eigenvalue weighted by Gasteiger charge is 2.32. The maximum Gasteiger partial charge on any atom is 0.267 e. The Balaban J connectivity index is 1.65. The van der Waals surface area contributed by atoms with Crippen molar-refractivity contribution < 1.29 is 4.79 Å². The number of hydrogen-bond donors (Lipinski definition) is 0. The molecule has 1 atom stereocenters.